The van der Waals surface area contributed by atoms with Gasteiger partial charge in [-0.3, -0.25) is 10.1 Å². The van der Waals surface area contributed by atoms with Gasteiger partial charge in [0.1, 0.15) is 0 Å². The summed E-state index contributed by atoms with van der Waals surface area (Å²) in [7, 11) is 1.68. The van der Waals surface area contributed by atoms with Crippen molar-refractivity contribution in [2.45, 2.75) is 19.3 Å². The highest BCUT2D eigenvalue weighted by atomic mass is 33.1. The molecule has 2 aliphatic heterocycles. The lowest BCUT2D eigenvalue weighted by Gasteiger charge is -2.19. The Bertz CT molecular complexity index is 1010. The van der Waals surface area contributed by atoms with Crippen molar-refractivity contribution >= 4 is 47.4 Å². The Kier molecular flexibility index (Phi) is 3.72. The van der Waals surface area contributed by atoms with Crippen molar-refractivity contribution in [1.82, 2.24) is 0 Å². The fourth-order valence-electron chi connectivity index (χ4n) is 3.46. The average molecular weight is 381 g/mol. The molecule has 0 aromatic heterocycles. The summed E-state index contributed by atoms with van der Waals surface area (Å²) in [5.74, 6) is 0. The number of nitro groups is 1. The number of anilines is 1. The summed E-state index contributed by atoms with van der Waals surface area (Å²) in [6.45, 7) is 0. The second-order valence-electron chi connectivity index (χ2n) is 6.28. The molecular formula is C19H15N3O2S2. The maximum absolute atomic E-state index is 10.9. The fraction of sp³-hybridized carbons (Fsp3) is 0.158. The van der Waals surface area contributed by atoms with Gasteiger partial charge in [0.25, 0.3) is 5.69 Å². The number of nitrogens with zero attached hydrogens (tertiary/aromatic N) is 3. The van der Waals surface area contributed by atoms with Gasteiger partial charge in [0.2, 0.25) is 0 Å². The molecule has 5 nitrogen and oxygen atoms in total. The lowest BCUT2D eigenvalue weighted by atomic mass is 9.91. The third-order valence-electron chi connectivity index (χ3n) is 4.67. The first-order chi connectivity index (χ1) is 12.7. The zero-order valence-corrected chi connectivity index (χ0v) is 15.4. The topological polar surface area (TPSA) is 58.7 Å². The van der Waals surface area contributed by atoms with Gasteiger partial charge >= 0.3 is 0 Å². The number of allylic oxidation sites excluding steroid dienone is 1. The fourth-order valence-corrected chi connectivity index (χ4v) is 8.26. The Morgan fingerprint density at radius 1 is 1.08 bits per heavy atom. The minimum absolute atomic E-state index is 0.108. The second kappa shape index (κ2) is 6.10. The summed E-state index contributed by atoms with van der Waals surface area (Å²) in [6, 6.07) is 17.3. The van der Waals surface area contributed by atoms with Crippen molar-refractivity contribution in [2.24, 2.45) is 5.10 Å². The van der Waals surface area contributed by atoms with Gasteiger partial charge in [-0.15, -0.1) is 0 Å². The molecule has 1 unspecified atom stereocenters. The highest BCUT2D eigenvalue weighted by Gasteiger charge is 2.38. The molecule has 1 atom stereocenters. The van der Waals surface area contributed by atoms with E-state index in [1.165, 1.54) is 26.6 Å². The SMILES string of the molecule is O=[N+]([O-])c1ccc(N2N=C3CCCC4=C(c5ccccc5)SS2=C34)cc1. The van der Waals surface area contributed by atoms with Crippen LogP contribution in [0.2, 0.25) is 0 Å². The van der Waals surface area contributed by atoms with Crippen LogP contribution in [0.1, 0.15) is 24.8 Å². The molecule has 2 aromatic carbocycles. The molecule has 1 fully saturated rings. The highest BCUT2D eigenvalue weighted by molar-refractivity contribution is 8.88. The molecule has 26 heavy (non-hydrogen) atoms. The van der Waals surface area contributed by atoms with Gasteiger partial charge in [0.05, 0.1) is 21.2 Å². The quantitative estimate of drug-likeness (QED) is 0.310. The normalized spacial score (nSPS) is 21.1. The molecule has 0 spiro atoms. The minimum atomic E-state index is -0.367. The first kappa shape index (κ1) is 15.8. The van der Waals surface area contributed by atoms with Crippen molar-refractivity contribution in [3.8, 4) is 0 Å². The molecule has 0 saturated heterocycles. The number of hydrazone groups is 1. The maximum Gasteiger partial charge on any atom is 0.269 e. The third kappa shape index (κ3) is 2.42. The Labute approximate surface area is 157 Å². The number of benzene rings is 2. The van der Waals surface area contributed by atoms with Crippen molar-refractivity contribution in [1.29, 1.82) is 0 Å². The number of non-ortho nitro benzene ring substituents is 1. The summed E-state index contributed by atoms with van der Waals surface area (Å²) >= 11 is 0. The monoisotopic (exact) mass is 381 g/mol. The number of hydrogen-bond acceptors (Lipinski definition) is 5. The van der Waals surface area contributed by atoms with Crippen LogP contribution in [0.15, 0.2) is 65.3 Å². The number of hydrogen-bond donors (Lipinski definition) is 0. The Hall–Kier alpha value is -2.38. The molecule has 1 aliphatic carbocycles. The highest BCUT2D eigenvalue weighted by Crippen LogP contribution is 2.59. The molecule has 0 radical (unpaired) electrons. The van der Waals surface area contributed by atoms with Crippen LogP contribution in [-0.2, 0) is 0 Å². The van der Waals surface area contributed by atoms with E-state index in [1.54, 1.807) is 24.3 Å². The van der Waals surface area contributed by atoms with Crippen LogP contribution in [0.3, 0.4) is 0 Å². The zero-order chi connectivity index (χ0) is 17.7. The van der Waals surface area contributed by atoms with E-state index in [1.807, 2.05) is 16.9 Å². The van der Waals surface area contributed by atoms with Crippen molar-refractivity contribution in [2.75, 3.05) is 4.41 Å². The van der Waals surface area contributed by atoms with E-state index in [0.717, 1.165) is 24.9 Å². The molecule has 1 saturated carbocycles. The van der Waals surface area contributed by atoms with Crippen LogP contribution in [-0.4, -0.2) is 15.5 Å². The van der Waals surface area contributed by atoms with Crippen molar-refractivity contribution in [3.05, 3.63) is 75.8 Å². The van der Waals surface area contributed by atoms with Crippen LogP contribution in [0.4, 0.5) is 11.4 Å². The van der Waals surface area contributed by atoms with E-state index in [-0.39, 0.29) is 20.3 Å². The van der Waals surface area contributed by atoms with Gasteiger partial charge in [-0.25, -0.2) is 4.41 Å². The average Bonchev–Trinajstić information content (AvgIpc) is 3.25. The van der Waals surface area contributed by atoms with Gasteiger partial charge in [0, 0.05) is 26.7 Å². The lowest BCUT2D eigenvalue weighted by Crippen LogP contribution is -2.18. The van der Waals surface area contributed by atoms with E-state index in [0.29, 0.717) is 0 Å². The lowest BCUT2D eigenvalue weighted by molar-refractivity contribution is -0.384. The summed E-state index contributed by atoms with van der Waals surface area (Å²) in [6.07, 6.45) is 3.23. The van der Waals surface area contributed by atoms with Crippen molar-refractivity contribution in [3.63, 3.8) is 0 Å². The van der Waals surface area contributed by atoms with Gasteiger partial charge in [-0.05, 0) is 53.3 Å². The van der Waals surface area contributed by atoms with E-state index in [9.17, 15) is 10.1 Å². The van der Waals surface area contributed by atoms with Gasteiger partial charge in [-0.1, -0.05) is 30.3 Å². The molecule has 2 heterocycles. The molecule has 0 bridgehead atoms. The standard InChI is InChI=1S/C19H15N3O2S2/c23-22(24)15-11-9-14(10-12-15)21-20-17-8-4-7-16-18(25-26(21)19(16)17)13-5-2-1-3-6-13/h1-3,5-6,9-12H,4,7-8H2. The minimum Gasteiger partial charge on any atom is -0.258 e. The molecule has 130 valence electrons. The molecule has 5 rings (SSSR count). The van der Waals surface area contributed by atoms with Crippen LogP contribution < -0.4 is 4.41 Å². The van der Waals surface area contributed by atoms with Gasteiger partial charge < -0.3 is 0 Å². The summed E-state index contributed by atoms with van der Waals surface area (Å²) in [5.41, 5.74) is 4.92. The first-order valence-corrected chi connectivity index (χ1v) is 10.9. The van der Waals surface area contributed by atoms with Crippen LogP contribution in [0.25, 0.3) is 4.91 Å². The molecule has 0 amide bonds. The van der Waals surface area contributed by atoms with E-state index in [4.69, 9.17) is 5.10 Å². The van der Waals surface area contributed by atoms with E-state index < -0.39 is 0 Å². The largest absolute Gasteiger partial charge is 0.269 e. The summed E-state index contributed by atoms with van der Waals surface area (Å²) < 4.78 is 2.06. The predicted octanol–water partition coefficient (Wildman–Crippen LogP) is 5.38. The first-order valence-electron chi connectivity index (χ1n) is 8.43. The van der Waals surface area contributed by atoms with Gasteiger partial charge in [0.15, 0.2) is 0 Å². The zero-order valence-electron chi connectivity index (χ0n) is 13.8. The van der Waals surface area contributed by atoms with Crippen LogP contribution in [0, 0.1) is 10.1 Å². The smallest absolute Gasteiger partial charge is 0.258 e. The Morgan fingerprint density at radius 3 is 2.58 bits per heavy atom. The third-order valence-corrected chi connectivity index (χ3v) is 8.82. The molecular weight excluding hydrogens is 366 g/mol. The van der Waals surface area contributed by atoms with Crippen LogP contribution >= 0.6 is 20.5 Å². The van der Waals surface area contributed by atoms with Crippen molar-refractivity contribution < 1.29 is 4.92 Å². The Balaban J connectivity index is 1.55. The molecule has 7 heteroatoms. The predicted molar refractivity (Wildman–Crippen MR) is 110 cm³/mol. The maximum atomic E-state index is 10.9. The summed E-state index contributed by atoms with van der Waals surface area (Å²) in [5, 5.41) is 15.8. The van der Waals surface area contributed by atoms with Crippen LogP contribution in [0.5, 0.6) is 0 Å². The summed E-state index contributed by atoms with van der Waals surface area (Å²) in [4.78, 5) is 13.3. The molecule has 2 aromatic rings. The Morgan fingerprint density at radius 2 is 1.85 bits per heavy atom. The number of nitro benzene ring substituents is 1. The molecule has 0 N–H and O–H groups in total. The number of rotatable bonds is 3. The van der Waals surface area contributed by atoms with E-state index >= 15 is 0 Å². The van der Waals surface area contributed by atoms with E-state index in [2.05, 4.69) is 28.7 Å². The second-order valence-corrected chi connectivity index (χ2v) is 9.56. The van der Waals surface area contributed by atoms with Gasteiger partial charge in [-0.2, -0.15) is 5.10 Å². The molecule has 3 aliphatic rings.